The van der Waals surface area contributed by atoms with Crippen molar-refractivity contribution < 1.29 is 9.59 Å². The Morgan fingerprint density at radius 2 is 1.87 bits per heavy atom. The Bertz CT molecular complexity index is 589. The van der Waals surface area contributed by atoms with Crippen molar-refractivity contribution in [1.29, 1.82) is 0 Å². The third-order valence-electron chi connectivity index (χ3n) is 5.24. The topological polar surface area (TPSA) is 49.4 Å². The smallest absolute Gasteiger partial charge is 0.223 e. The SMILES string of the molecule is CNC1CCN(C(=O)CCC(=O)c2ccc3c(c2)CCC3)CC1. The first-order chi connectivity index (χ1) is 11.2. The molecule has 0 saturated carbocycles. The molecule has 1 aliphatic carbocycles. The van der Waals surface area contributed by atoms with Crippen LogP contribution in [0, 0.1) is 0 Å². The van der Waals surface area contributed by atoms with Crippen molar-refractivity contribution in [2.75, 3.05) is 20.1 Å². The first-order valence-electron chi connectivity index (χ1n) is 8.77. The van der Waals surface area contributed by atoms with E-state index in [1.54, 1.807) is 0 Å². The van der Waals surface area contributed by atoms with E-state index in [1.807, 2.05) is 24.1 Å². The first-order valence-corrected chi connectivity index (χ1v) is 8.77. The molecule has 0 aromatic heterocycles. The second-order valence-electron chi connectivity index (χ2n) is 6.70. The van der Waals surface area contributed by atoms with Crippen LogP contribution in [0.1, 0.15) is 53.6 Å². The van der Waals surface area contributed by atoms with Gasteiger partial charge in [0.1, 0.15) is 0 Å². The van der Waals surface area contributed by atoms with Gasteiger partial charge in [-0.1, -0.05) is 12.1 Å². The molecule has 3 rings (SSSR count). The molecule has 2 aliphatic rings. The largest absolute Gasteiger partial charge is 0.343 e. The molecule has 0 unspecified atom stereocenters. The summed E-state index contributed by atoms with van der Waals surface area (Å²) in [7, 11) is 1.97. The highest BCUT2D eigenvalue weighted by Crippen LogP contribution is 2.23. The van der Waals surface area contributed by atoms with Crippen molar-refractivity contribution in [3.63, 3.8) is 0 Å². The molecule has 1 aromatic carbocycles. The number of ketones is 1. The van der Waals surface area contributed by atoms with Gasteiger partial charge in [-0.05, 0) is 56.3 Å². The predicted octanol–water partition coefficient (Wildman–Crippen LogP) is 2.35. The van der Waals surface area contributed by atoms with Gasteiger partial charge in [-0.25, -0.2) is 0 Å². The molecule has 1 fully saturated rings. The lowest BCUT2D eigenvalue weighted by molar-refractivity contribution is -0.132. The number of hydrogen-bond donors (Lipinski definition) is 1. The third kappa shape index (κ3) is 3.81. The van der Waals surface area contributed by atoms with E-state index >= 15 is 0 Å². The summed E-state index contributed by atoms with van der Waals surface area (Å²) < 4.78 is 0. The Balaban J connectivity index is 1.50. The maximum absolute atomic E-state index is 12.3. The van der Waals surface area contributed by atoms with Gasteiger partial charge in [-0.15, -0.1) is 0 Å². The van der Waals surface area contributed by atoms with E-state index in [0.29, 0.717) is 18.9 Å². The molecule has 0 spiro atoms. The highest BCUT2D eigenvalue weighted by atomic mass is 16.2. The van der Waals surface area contributed by atoms with Crippen molar-refractivity contribution in [2.24, 2.45) is 0 Å². The molecule has 1 heterocycles. The molecule has 0 bridgehead atoms. The van der Waals surface area contributed by atoms with Gasteiger partial charge >= 0.3 is 0 Å². The van der Waals surface area contributed by atoms with E-state index in [1.165, 1.54) is 17.5 Å². The van der Waals surface area contributed by atoms with Crippen LogP contribution in [0.25, 0.3) is 0 Å². The monoisotopic (exact) mass is 314 g/mol. The molecule has 1 saturated heterocycles. The van der Waals surface area contributed by atoms with Gasteiger partial charge in [0.25, 0.3) is 0 Å². The van der Waals surface area contributed by atoms with E-state index < -0.39 is 0 Å². The number of Topliss-reactive ketones (excluding diaryl/α,β-unsaturated/α-hetero) is 1. The van der Waals surface area contributed by atoms with Crippen LogP contribution >= 0.6 is 0 Å². The highest BCUT2D eigenvalue weighted by molar-refractivity contribution is 5.98. The molecule has 23 heavy (non-hydrogen) atoms. The maximum Gasteiger partial charge on any atom is 0.223 e. The summed E-state index contributed by atoms with van der Waals surface area (Å²) in [4.78, 5) is 26.5. The number of carbonyl (C=O) groups is 2. The molecule has 0 atom stereocenters. The van der Waals surface area contributed by atoms with Crippen LogP contribution in [-0.2, 0) is 17.6 Å². The fourth-order valence-corrected chi connectivity index (χ4v) is 3.69. The number of nitrogens with one attached hydrogen (secondary N) is 1. The van der Waals surface area contributed by atoms with Crippen LogP contribution in [0.3, 0.4) is 0 Å². The molecule has 1 N–H and O–H groups in total. The number of hydrogen-bond acceptors (Lipinski definition) is 3. The Labute approximate surface area is 138 Å². The van der Waals surface area contributed by atoms with Gasteiger partial charge in [0, 0.05) is 37.5 Å². The molecular weight excluding hydrogens is 288 g/mol. The summed E-state index contributed by atoms with van der Waals surface area (Å²) in [6.45, 7) is 1.61. The Hall–Kier alpha value is -1.68. The maximum atomic E-state index is 12.3. The Kier molecular flexibility index (Phi) is 5.11. The lowest BCUT2D eigenvalue weighted by atomic mass is 10.0. The molecule has 1 aliphatic heterocycles. The van der Waals surface area contributed by atoms with Gasteiger partial charge in [0.15, 0.2) is 5.78 Å². The summed E-state index contributed by atoms with van der Waals surface area (Å²) >= 11 is 0. The van der Waals surface area contributed by atoms with E-state index in [0.717, 1.165) is 44.3 Å². The zero-order chi connectivity index (χ0) is 16.2. The van der Waals surface area contributed by atoms with Crippen LogP contribution in [0.5, 0.6) is 0 Å². The Morgan fingerprint density at radius 3 is 2.61 bits per heavy atom. The minimum Gasteiger partial charge on any atom is -0.343 e. The van der Waals surface area contributed by atoms with Crippen LogP contribution < -0.4 is 5.32 Å². The summed E-state index contributed by atoms with van der Waals surface area (Å²) in [5.41, 5.74) is 3.47. The normalized spacial score (nSPS) is 18.0. The average Bonchev–Trinajstić information content (AvgIpc) is 3.07. The number of amides is 1. The van der Waals surface area contributed by atoms with Gasteiger partial charge in [0.05, 0.1) is 0 Å². The molecular formula is C19H26N2O2. The number of nitrogens with zero attached hydrogens (tertiary/aromatic N) is 1. The summed E-state index contributed by atoms with van der Waals surface area (Å²) in [6.07, 6.45) is 6.06. The Morgan fingerprint density at radius 1 is 1.13 bits per heavy atom. The summed E-state index contributed by atoms with van der Waals surface area (Å²) in [5.74, 6) is 0.215. The molecule has 1 aromatic rings. The first kappa shape index (κ1) is 16.2. The van der Waals surface area contributed by atoms with E-state index in [-0.39, 0.29) is 11.7 Å². The second-order valence-corrected chi connectivity index (χ2v) is 6.70. The van der Waals surface area contributed by atoms with Crippen LogP contribution in [0.2, 0.25) is 0 Å². The third-order valence-corrected chi connectivity index (χ3v) is 5.24. The van der Waals surface area contributed by atoms with Gasteiger partial charge in [-0.2, -0.15) is 0 Å². The van der Waals surface area contributed by atoms with Crippen molar-refractivity contribution in [3.8, 4) is 0 Å². The van der Waals surface area contributed by atoms with Crippen LogP contribution in [0.15, 0.2) is 18.2 Å². The van der Waals surface area contributed by atoms with E-state index in [9.17, 15) is 9.59 Å². The fraction of sp³-hybridized carbons (Fsp3) is 0.579. The lowest BCUT2D eigenvalue weighted by Crippen LogP contribution is -2.44. The second kappa shape index (κ2) is 7.26. The quantitative estimate of drug-likeness (QED) is 0.849. The highest BCUT2D eigenvalue weighted by Gasteiger charge is 2.22. The van der Waals surface area contributed by atoms with Gasteiger partial charge < -0.3 is 10.2 Å². The zero-order valence-corrected chi connectivity index (χ0v) is 13.9. The van der Waals surface area contributed by atoms with Crippen molar-refractivity contribution in [3.05, 3.63) is 34.9 Å². The van der Waals surface area contributed by atoms with Crippen LogP contribution in [0.4, 0.5) is 0 Å². The number of piperidine rings is 1. The van der Waals surface area contributed by atoms with Crippen molar-refractivity contribution in [2.45, 2.75) is 51.0 Å². The average molecular weight is 314 g/mol. The molecule has 4 nitrogen and oxygen atoms in total. The standard InChI is InChI=1S/C19H26N2O2/c1-20-17-9-11-21(12-10-17)19(23)8-7-18(22)16-6-5-14-3-2-4-15(14)13-16/h5-6,13,17,20H,2-4,7-12H2,1H3. The lowest BCUT2D eigenvalue weighted by Gasteiger charge is -2.31. The minimum atomic E-state index is 0.0955. The molecule has 4 heteroatoms. The molecule has 1 amide bonds. The van der Waals surface area contributed by atoms with Gasteiger partial charge in [0.2, 0.25) is 5.91 Å². The zero-order valence-electron chi connectivity index (χ0n) is 13.9. The number of rotatable bonds is 5. The van der Waals surface area contributed by atoms with Crippen molar-refractivity contribution >= 4 is 11.7 Å². The molecule has 124 valence electrons. The number of benzene rings is 1. The van der Waals surface area contributed by atoms with Crippen molar-refractivity contribution in [1.82, 2.24) is 10.2 Å². The number of likely N-dealkylation sites (tertiary alicyclic amines) is 1. The number of carbonyl (C=O) groups excluding carboxylic acids is 2. The minimum absolute atomic E-state index is 0.0955. The molecule has 0 radical (unpaired) electrons. The number of fused-ring (bicyclic) bond motifs is 1. The van der Waals surface area contributed by atoms with E-state index in [4.69, 9.17) is 0 Å². The number of aryl methyl sites for hydroxylation is 2. The predicted molar refractivity (Wildman–Crippen MR) is 90.7 cm³/mol. The van der Waals surface area contributed by atoms with E-state index in [2.05, 4.69) is 11.4 Å². The van der Waals surface area contributed by atoms with Crippen LogP contribution in [-0.4, -0.2) is 42.8 Å². The van der Waals surface area contributed by atoms with Gasteiger partial charge in [-0.3, -0.25) is 9.59 Å². The summed E-state index contributed by atoms with van der Waals surface area (Å²) in [6, 6.07) is 6.56. The summed E-state index contributed by atoms with van der Waals surface area (Å²) in [5, 5.41) is 3.26. The fourth-order valence-electron chi connectivity index (χ4n) is 3.69.